The second kappa shape index (κ2) is 6.95. The minimum absolute atomic E-state index is 0.0486. The van der Waals surface area contributed by atoms with Gasteiger partial charge in [0, 0.05) is 24.5 Å². The fourth-order valence-electron chi connectivity index (χ4n) is 3.32. The Balaban J connectivity index is 1.46. The van der Waals surface area contributed by atoms with Gasteiger partial charge in [-0.1, -0.05) is 17.3 Å². The molecule has 0 unspecified atom stereocenters. The lowest BCUT2D eigenvalue weighted by atomic mass is 9.96. The van der Waals surface area contributed by atoms with Gasteiger partial charge < -0.3 is 9.84 Å². The van der Waals surface area contributed by atoms with Gasteiger partial charge >= 0.3 is 0 Å². The molecule has 0 saturated heterocycles. The molecule has 6 heteroatoms. The smallest absolute Gasteiger partial charge is 0.257 e. The van der Waals surface area contributed by atoms with E-state index in [2.05, 4.69) is 15.5 Å². The van der Waals surface area contributed by atoms with E-state index in [9.17, 15) is 9.18 Å². The molecule has 0 aliphatic heterocycles. The second-order valence-electron chi connectivity index (χ2n) is 7.19. The molecule has 1 fully saturated rings. The zero-order valence-corrected chi connectivity index (χ0v) is 15.0. The Morgan fingerprint density at radius 1 is 1.26 bits per heavy atom. The molecule has 0 bridgehead atoms. The van der Waals surface area contributed by atoms with Crippen LogP contribution in [0.4, 0.5) is 4.39 Å². The summed E-state index contributed by atoms with van der Waals surface area (Å²) in [5, 5.41) is 7.07. The van der Waals surface area contributed by atoms with Crippen molar-refractivity contribution in [3.05, 3.63) is 71.5 Å². The second-order valence-corrected chi connectivity index (χ2v) is 7.19. The first-order valence-electron chi connectivity index (χ1n) is 8.96. The van der Waals surface area contributed by atoms with Gasteiger partial charge in [0.25, 0.3) is 5.91 Å². The minimum atomic E-state index is -0.234. The summed E-state index contributed by atoms with van der Waals surface area (Å²) in [6.07, 6.45) is 6.24. The number of hydrogen-bond donors (Lipinski definition) is 1. The van der Waals surface area contributed by atoms with Crippen molar-refractivity contribution >= 4 is 5.91 Å². The Morgan fingerprint density at radius 3 is 2.70 bits per heavy atom. The van der Waals surface area contributed by atoms with Crippen molar-refractivity contribution in [2.24, 2.45) is 5.41 Å². The van der Waals surface area contributed by atoms with Crippen molar-refractivity contribution in [3.63, 3.8) is 0 Å². The summed E-state index contributed by atoms with van der Waals surface area (Å²) in [7, 11) is 0. The first-order chi connectivity index (χ1) is 13.1. The number of nitrogens with one attached hydrogen (secondary N) is 1. The molecule has 2 heterocycles. The number of amides is 1. The fourth-order valence-corrected chi connectivity index (χ4v) is 3.32. The molecule has 5 nitrogen and oxygen atoms in total. The molecule has 27 heavy (non-hydrogen) atoms. The molecular formula is C21H20FN3O2. The molecule has 1 N–H and O–H groups in total. The zero-order chi connectivity index (χ0) is 18.9. The lowest BCUT2D eigenvalue weighted by molar-refractivity contribution is 0.0943. The molecular weight excluding hydrogens is 345 g/mol. The van der Waals surface area contributed by atoms with Gasteiger partial charge in [-0.05, 0) is 61.4 Å². The highest BCUT2D eigenvalue weighted by Crippen LogP contribution is 2.47. The van der Waals surface area contributed by atoms with Crippen LogP contribution >= 0.6 is 0 Å². The first-order valence-corrected chi connectivity index (χ1v) is 8.96. The van der Waals surface area contributed by atoms with Gasteiger partial charge in [0.05, 0.1) is 0 Å². The number of pyridine rings is 1. The first kappa shape index (κ1) is 17.4. The number of carbonyl (C=O) groups excluding carboxylic acids is 1. The van der Waals surface area contributed by atoms with Gasteiger partial charge in [0.2, 0.25) is 0 Å². The highest BCUT2D eigenvalue weighted by Gasteiger charge is 2.42. The molecule has 138 valence electrons. The maximum absolute atomic E-state index is 13.1. The van der Waals surface area contributed by atoms with Crippen molar-refractivity contribution in [2.45, 2.75) is 26.2 Å². The minimum Gasteiger partial charge on any atom is -0.360 e. The molecule has 2 aromatic heterocycles. The largest absolute Gasteiger partial charge is 0.360 e. The van der Waals surface area contributed by atoms with Crippen LogP contribution in [0.3, 0.4) is 0 Å². The molecule has 1 aliphatic carbocycles. The van der Waals surface area contributed by atoms with E-state index in [1.54, 1.807) is 25.4 Å². The molecule has 1 saturated carbocycles. The van der Waals surface area contributed by atoms with Crippen molar-refractivity contribution in [3.8, 4) is 11.3 Å². The summed E-state index contributed by atoms with van der Waals surface area (Å²) >= 11 is 0. The van der Waals surface area contributed by atoms with Gasteiger partial charge in [-0.3, -0.25) is 9.78 Å². The molecule has 3 aromatic rings. The van der Waals surface area contributed by atoms with Gasteiger partial charge in [0.1, 0.15) is 22.8 Å². The van der Waals surface area contributed by atoms with Crippen LogP contribution in [0.5, 0.6) is 0 Å². The summed E-state index contributed by atoms with van der Waals surface area (Å²) in [4.78, 5) is 16.9. The number of carbonyl (C=O) groups is 1. The van der Waals surface area contributed by atoms with Crippen molar-refractivity contribution in [1.82, 2.24) is 15.5 Å². The highest BCUT2D eigenvalue weighted by atomic mass is 19.1. The third-order valence-corrected chi connectivity index (χ3v) is 5.10. The summed E-state index contributed by atoms with van der Waals surface area (Å²) in [5.41, 5.74) is 2.82. The molecule has 1 aromatic carbocycles. The Hall–Kier alpha value is -3.02. The van der Waals surface area contributed by atoms with Gasteiger partial charge in [0.15, 0.2) is 0 Å². The van der Waals surface area contributed by atoms with Crippen LogP contribution in [0.1, 0.15) is 34.5 Å². The molecule has 0 atom stereocenters. The van der Waals surface area contributed by atoms with Crippen molar-refractivity contribution in [1.29, 1.82) is 0 Å². The highest BCUT2D eigenvalue weighted by molar-refractivity contribution is 6.00. The SMILES string of the molecule is Cc1onc(-c2cccnc2)c1C(=O)NCC1(Cc2ccc(F)cc2)CC1. The molecule has 0 radical (unpaired) electrons. The van der Waals surface area contributed by atoms with E-state index in [-0.39, 0.29) is 17.1 Å². The van der Waals surface area contributed by atoms with Gasteiger partial charge in [-0.2, -0.15) is 0 Å². The molecule has 4 rings (SSSR count). The number of aromatic nitrogens is 2. The standard InChI is InChI=1S/C21H20FN3O2/c1-14-18(19(25-27-14)16-3-2-10-23-12-16)20(26)24-13-21(8-9-21)11-15-4-6-17(22)7-5-15/h2-7,10,12H,8-9,11,13H2,1H3,(H,24,26). The predicted octanol–water partition coefficient (Wildman–Crippen LogP) is 3.94. The molecule has 0 spiro atoms. The third kappa shape index (κ3) is 3.74. The van der Waals surface area contributed by atoms with Crippen LogP contribution < -0.4 is 5.32 Å². The van der Waals surface area contributed by atoms with E-state index < -0.39 is 0 Å². The van der Waals surface area contributed by atoms with E-state index in [4.69, 9.17) is 4.52 Å². The van der Waals surface area contributed by atoms with Crippen LogP contribution in [0.15, 0.2) is 53.3 Å². The summed E-state index contributed by atoms with van der Waals surface area (Å²) in [6, 6.07) is 10.2. The maximum atomic E-state index is 13.1. The van der Waals surface area contributed by atoms with E-state index in [0.717, 1.165) is 30.4 Å². The van der Waals surface area contributed by atoms with Crippen LogP contribution in [0.25, 0.3) is 11.3 Å². The number of halogens is 1. The number of nitrogens with zero attached hydrogens (tertiary/aromatic N) is 2. The molecule has 1 aliphatic rings. The van der Waals surface area contributed by atoms with E-state index in [0.29, 0.717) is 23.6 Å². The lowest BCUT2D eigenvalue weighted by Crippen LogP contribution is -2.31. The average Bonchev–Trinajstić information content (AvgIpc) is 3.34. The van der Waals surface area contributed by atoms with Crippen molar-refractivity contribution in [2.75, 3.05) is 6.54 Å². The average molecular weight is 365 g/mol. The maximum Gasteiger partial charge on any atom is 0.257 e. The number of hydrogen-bond acceptors (Lipinski definition) is 4. The van der Waals surface area contributed by atoms with Crippen LogP contribution in [0, 0.1) is 18.2 Å². The van der Waals surface area contributed by atoms with E-state index >= 15 is 0 Å². The number of aryl methyl sites for hydroxylation is 1. The van der Waals surface area contributed by atoms with Crippen LogP contribution in [0.2, 0.25) is 0 Å². The van der Waals surface area contributed by atoms with E-state index in [1.165, 1.54) is 12.1 Å². The monoisotopic (exact) mass is 365 g/mol. The lowest BCUT2D eigenvalue weighted by Gasteiger charge is -2.16. The summed E-state index contributed by atoms with van der Waals surface area (Å²) < 4.78 is 18.3. The summed E-state index contributed by atoms with van der Waals surface area (Å²) in [6.45, 7) is 2.30. The van der Waals surface area contributed by atoms with Crippen LogP contribution in [-0.2, 0) is 6.42 Å². The zero-order valence-electron chi connectivity index (χ0n) is 15.0. The van der Waals surface area contributed by atoms with Crippen LogP contribution in [-0.4, -0.2) is 22.6 Å². The Morgan fingerprint density at radius 2 is 2.04 bits per heavy atom. The van der Waals surface area contributed by atoms with Gasteiger partial charge in [-0.15, -0.1) is 0 Å². The Bertz CT molecular complexity index is 947. The number of benzene rings is 1. The third-order valence-electron chi connectivity index (χ3n) is 5.10. The topological polar surface area (TPSA) is 68.0 Å². The Labute approximate surface area is 156 Å². The fraction of sp³-hybridized carbons (Fsp3) is 0.286. The normalized spacial score (nSPS) is 14.7. The van der Waals surface area contributed by atoms with Gasteiger partial charge in [-0.25, -0.2) is 4.39 Å². The Kier molecular flexibility index (Phi) is 4.48. The predicted molar refractivity (Wildman–Crippen MR) is 98.6 cm³/mol. The van der Waals surface area contributed by atoms with E-state index in [1.807, 2.05) is 18.2 Å². The quantitative estimate of drug-likeness (QED) is 0.718. The number of rotatable bonds is 6. The molecule has 1 amide bonds. The van der Waals surface area contributed by atoms with Crippen molar-refractivity contribution < 1.29 is 13.7 Å². The summed E-state index contributed by atoms with van der Waals surface area (Å²) in [5.74, 6) is 0.0514.